The van der Waals surface area contributed by atoms with Gasteiger partial charge >= 0.3 is 5.97 Å². The number of rotatable bonds is 7. The quantitative estimate of drug-likeness (QED) is 0.250. The minimum absolute atomic E-state index is 0.213. The van der Waals surface area contributed by atoms with Crippen molar-refractivity contribution >= 4 is 45.7 Å². The number of ether oxygens (including phenoxy) is 1. The predicted molar refractivity (Wildman–Crippen MR) is 127 cm³/mol. The zero-order valence-electron chi connectivity index (χ0n) is 17.8. The van der Waals surface area contributed by atoms with Crippen LogP contribution < -0.4 is 21.9 Å². The number of anilines is 4. The summed E-state index contributed by atoms with van der Waals surface area (Å²) in [7, 11) is 0. The van der Waals surface area contributed by atoms with Gasteiger partial charge in [0.2, 0.25) is 0 Å². The van der Waals surface area contributed by atoms with Crippen LogP contribution in [0.3, 0.4) is 0 Å². The zero-order chi connectivity index (χ0) is 23.2. The Morgan fingerprint density at radius 1 is 0.939 bits per heavy atom. The van der Waals surface area contributed by atoms with E-state index in [1.165, 1.54) is 6.33 Å². The van der Waals surface area contributed by atoms with Gasteiger partial charge in [-0.25, -0.2) is 14.8 Å². The van der Waals surface area contributed by atoms with Gasteiger partial charge in [0.25, 0.3) is 5.91 Å². The Labute approximate surface area is 190 Å². The van der Waals surface area contributed by atoms with Crippen LogP contribution in [0.25, 0.3) is 10.8 Å². The van der Waals surface area contributed by atoms with Gasteiger partial charge in [-0.3, -0.25) is 15.6 Å². The molecule has 0 spiro atoms. The predicted octanol–water partition coefficient (Wildman–Crippen LogP) is 3.89. The maximum absolute atomic E-state index is 12.7. The van der Waals surface area contributed by atoms with Crippen LogP contribution in [-0.4, -0.2) is 28.5 Å². The molecule has 0 saturated carbocycles. The highest BCUT2D eigenvalue weighted by atomic mass is 16.5. The fourth-order valence-corrected chi connectivity index (χ4v) is 3.24. The highest BCUT2D eigenvalue weighted by Crippen LogP contribution is 2.26. The average molecular weight is 442 g/mol. The molecule has 0 aliphatic rings. The number of carbonyl (C=O) groups excluding carboxylic acids is 2. The molecule has 0 radical (unpaired) electrons. The van der Waals surface area contributed by atoms with Crippen molar-refractivity contribution < 1.29 is 14.3 Å². The van der Waals surface area contributed by atoms with Crippen molar-refractivity contribution in [3.8, 4) is 0 Å². The largest absolute Gasteiger partial charge is 0.462 e. The molecule has 9 heteroatoms. The van der Waals surface area contributed by atoms with E-state index in [0.29, 0.717) is 29.2 Å². The molecule has 1 heterocycles. The van der Waals surface area contributed by atoms with Crippen molar-refractivity contribution in [3.63, 3.8) is 0 Å². The molecular formula is C24H22N6O3. The molecule has 1 aromatic heterocycles. The van der Waals surface area contributed by atoms with Crippen LogP contribution in [-0.2, 0) is 4.74 Å². The molecule has 0 aliphatic heterocycles. The lowest BCUT2D eigenvalue weighted by molar-refractivity contribution is 0.0526. The lowest BCUT2D eigenvalue weighted by Crippen LogP contribution is -2.30. The number of benzene rings is 3. The minimum Gasteiger partial charge on any atom is -0.462 e. The highest BCUT2D eigenvalue weighted by molar-refractivity contribution is 6.07. The molecule has 9 nitrogen and oxygen atoms in total. The van der Waals surface area contributed by atoms with Gasteiger partial charge in [0, 0.05) is 11.3 Å². The van der Waals surface area contributed by atoms with Crippen molar-refractivity contribution in [2.24, 2.45) is 0 Å². The van der Waals surface area contributed by atoms with Gasteiger partial charge < -0.3 is 15.8 Å². The van der Waals surface area contributed by atoms with Gasteiger partial charge in [-0.1, -0.05) is 36.4 Å². The van der Waals surface area contributed by atoms with E-state index in [4.69, 9.17) is 10.5 Å². The van der Waals surface area contributed by atoms with E-state index in [9.17, 15) is 9.59 Å². The number of nitrogen functional groups attached to an aromatic ring is 1. The molecular weight excluding hydrogens is 420 g/mol. The number of hydrazine groups is 1. The van der Waals surface area contributed by atoms with Crippen LogP contribution in [0.2, 0.25) is 0 Å². The topological polar surface area (TPSA) is 131 Å². The third-order valence-corrected chi connectivity index (χ3v) is 4.87. The highest BCUT2D eigenvalue weighted by Gasteiger charge is 2.13. The summed E-state index contributed by atoms with van der Waals surface area (Å²) in [6.07, 6.45) is 1.32. The second kappa shape index (κ2) is 9.65. The Balaban J connectivity index is 1.46. The van der Waals surface area contributed by atoms with E-state index in [1.54, 1.807) is 37.3 Å². The number of aromatic nitrogens is 2. The number of amides is 1. The summed E-state index contributed by atoms with van der Waals surface area (Å²) >= 11 is 0. The summed E-state index contributed by atoms with van der Waals surface area (Å²) in [4.78, 5) is 32.8. The van der Waals surface area contributed by atoms with E-state index in [1.807, 2.05) is 36.4 Å². The zero-order valence-corrected chi connectivity index (χ0v) is 17.8. The first-order chi connectivity index (χ1) is 16.1. The van der Waals surface area contributed by atoms with Gasteiger partial charge in [0.15, 0.2) is 11.6 Å². The van der Waals surface area contributed by atoms with Gasteiger partial charge in [-0.05, 0) is 48.0 Å². The van der Waals surface area contributed by atoms with E-state index >= 15 is 0 Å². The lowest BCUT2D eigenvalue weighted by Gasteiger charge is -2.14. The van der Waals surface area contributed by atoms with Crippen LogP contribution in [0.15, 0.2) is 73.1 Å². The number of hydrogen-bond acceptors (Lipinski definition) is 8. The van der Waals surface area contributed by atoms with Crippen LogP contribution in [0.4, 0.5) is 23.0 Å². The monoisotopic (exact) mass is 442 g/mol. The Bertz CT molecular complexity index is 1300. The summed E-state index contributed by atoms with van der Waals surface area (Å²) in [6, 6.07) is 19.8. The maximum atomic E-state index is 12.7. The fraction of sp³-hybridized carbons (Fsp3) is 0.0833. The van der Waals surface area contributed by atoms with E-state index in [-0.39, 0.29) is 23.4 Å². The number of esters is 1. The molecule has 0 aliphatic carbocycles. The molecule has 166 valence electrons. The molecule has 0 bridgehead atoms. The van der Waals surface area contributed by atoms with Crippen molar-refractivity contribution in [3.05, 3.63) is 84.2 Å². The van der Waals surface area contributed by atoms with Crippen LogP contribution in [0, 0.1) is 0 Å². The average Bonchev–Trinajstić information content (AvgIpc) is 2.84. The van der Waals surface area contributed by atoms with Crippen molar-refractivity contribution in [2.45, 2.75) is 6.92 Å². The van der Waals surface area contributed by atoms with E-state index < -0.39 is 0 Å². The fourth-order valence-electron chi connectivity index (χ4n) is 3.24. The molecule has 0 saturated heterocycles. The SMILES string of the molecule is CCOC(=O)c1ccc(Nc2ncnc(NNC(=O)c3cccc4ccccc34)c2N)cc1. The van der Waals surface area contributed by atoms with Crippen molar-refractivity contribution in [1.82, 2.24) is 15.4 Å². The molecule has 4 rings (SSSR count). The molecule has 33 heavy (non-hydrogen) atoms. The Morgan fingerprint density at radius 2 is 1.67 bits per heavy atom. The molecule has 0 atom stereocenters. The Kier molecular flexibility index (Phi) is 6.31. The summed E-state index contributed by atoms with van der Waals surface area (Å²) in [5.74, 6) is -0.132. The molecule has 1 amide bonds. The van der Waals surface area contributed by atoms with Crippen molar-refractivity contribution in [2.75, 3.05) is 23.1 Å². The van der Waals surface area contributed by atoms with Gasteiger partial charge in [0.1, 0.15) is 12.0 Å². The molecule has 0 unspecified atom stereocenters. The van der Waals surface area contributed by atoms with E-state index in [2.05, 4.69) is 26.1 Å². The maximum Gasteiger partial charge on any atom is 0.338 e. The lowest BCUT2D eigenvalue weighted by atomic mass is 10.0. The van der Waals surface area contributed by atoms with Crippen LogP contribution >= 0.6 is 0 Å². The summed E-state index contributed by atoms with van der Waals surface area (Å²) in [5.41, 5.74) is 13.4. The molecule has 0 fully saturated rings. The third-order valence-electron chi connectivity index (χ3n) is 4.87. The first-order valence-corrected chi connectivity index (χ1v) is 10.3. The standard InChI is InChI=1S/C24H22N6O3/c1-2-33-24(32)16-10-12-17(13-11-16)28-21-20(25)22(27-14-26-21)29-30-23(31)19-9-5-7-15-6-3-4-8-18(15)19/h3-14H,2,25H2,1H3,(H,30,31)(H2,26,27,28,29). The Hall–Kier alpha value is -4.66. The Morgan fingerprint density at radius 3 is 2.45 bits per heavy atom. The molecule has 3 aromatic carbocycles. The van der Waals surface area contributed by atoms with E-state index in [0.717, 1.165) is 10.8 Å². The normalized spacial score (nSPS) is 10.5. The minimum atomic E-state index is -0.390. The van der Waals surface area contributed by atoms with Crippen molar-refractivity contribution in [1.29, 1.82) is 0 Å². The van der Waals surface area contributed by atoms with Crippen LogP contribution in [0.1, 0.15) is 27.6 Å². The third kappa shape index (κ3) is 4.82. The van der Waals surface area contributed by atoms with Gasteiger partial charge in [0.05, 0.1) is 12.2 Å². The smallest absolute Gasteiger partial charge is 0.338 e. The number of nitrogens with one attached hydrogen (secondary N) is 3. The second-order valence-electron chi connectivity index (χ2n) is 7.01. The first kappa shape index (κ1) is 21.6. The number of hydrogen-bond donors (Lipinski definition) is 4. The van der Waals surface area contributed by atoms with Gasteiger partial charge in [-0.15, -0.1) is 0 Å². The van der Waals surface area contributed by atoms with Crippen LogP contribution in [0.5, 0.6) is 0 Å². The number of carbonyl (C=O) groups is 2. The summed E-state index contributed by atoms with van der Waals surface area (Å²) < 4.78 is 4.98. The number of nitrogens with two attached hydrogens (primary N) is 1. The molecule has 4 aromatic rings. The summed E-state index contributed by atoms with van der Waals surface area (Å²) in [6.45, 7) is 2.06. The van der Waals surface area contributed by atoms with Gasteiger partial charge in [-0.2, -0.15) is 0 Å². The molecule has 5 N–H and O–H groups in total. The summed E-state index contributed by atoms with van der Waals surface area (Å²) in [5, 5.41) is 4.87. The number of fused-ring (bicyclic) bond motifs is 1. The number of nitrogens with zero attached hydrogens (tertiary/aromatic N) is 2. The second-order valence-corrected chi connectivity index (χ2v) is 7.01. The first-order valence-electron chi connectivity index (χ1n) is 10.3.